The standard InChI is InChI=1S/C20H37NO/c1-8-20(22-7)18-16(3)19(20,4)17(18)13-9-11-15(2)12-10-14-21(5)6/h15,17-18H,3,8-14H2,1-2,4-7H3. The summed E-state index contributed by atoms with van der Waals surface area (Å²) in [6, 6.07) is 0. The Morgan fingerprint density at radius 1 is 1.27 bits per heavy atom. The Balaban J connectivity index is 1.71. The van der Waals surface area contributed by atoms with Gasteiger partial charge in [-0.05, 0) is 58.2 Å². The molecule has 0 heterocycles. The molecule has 0 N–H and O–H groups in total. The Bertz CT molecular complexity index is 399. The summed E-state index contributed by atoms with van der Waals surface area (Å²) in [6.07, 6.45) is 7.94. The molecule has 22 heavy (non-hydrogen) atoms. The van der Waals surface area contributed by atoms with Crippen molar-refractivity contribution < 1.29 is 4.74 Å². The van der Waals surface area contributed by atoms with Gasteiger partial charge in [0, 0.05) is 18.4 Å². The first-order valence-corrected chi connectivity index (χ1v) is 9.24. The molecule has 128 valence electrons. The van der Waals surface area contributed by atoms with E-state index in [4.69, 9.17) is 4.74 Å². The molecule has 3 fully saturated rings. The molecule has 0 radical (unpaired) electrons. The molecule has 0 aromatic rings. The molecule has 0 saturated heterocycles. The van der Waals surface area contributed by atoms with Gasteiger partial charge in [0.15, 0.2) is 0 Å². The summed E-state index contributed by atoms with van der Waals surface area (Å²) < 4.78 is 5.93. The third-order valence-corrected chi connectivity index (χ3v) is 6.97. The van der Waals surface area contributed by atoms with Crippen molar-refractivity contribution in [1.29, 1.82) is 0 Å². The lowest BCUT2D eigenvalue weighted by atomic mass is 9.26. The molecule has 3 saturated carbocycles. The van der Waals surface area contributed by atoms with Gasteiger partial charge in [-0.3, -0.25) is 0 Å². The lowest BCUT2D eigenvalue weighted by molar-refractivity contribution is -0.317. The van der Waals surface area contributed by atoms with E-state index in [1.807, 2.05) is 7.11 Å². The zero-order chi connectivity index (χ0) is 16.5. The fraction of sp³-hybridized carbons (Fsp3) is 0.900. The number of rotatable bonds is 10. The molecule has 0 aliphatic heterocycles. The highest BCUT2D eigenvalue weighted by atomic mass is 16.5. The van der Waals surface area contributed by atoms with Crippen LogP contribution >= 0.6 is 0 Å². The quantitative estimate of drug-likeness (QED) is 0.540. The fourth-order valence-corrected chi connectivity index (χ4v) is 5.49. The predicted octanol–water partition coefficient (Wildman–Crippen LogP) is 4.75. The Morgan fingerprint density at radius 3 is 2.36 bits per heavy atom. The molecule has 0 spiro atoms. The Morgan fingerprint density at radius 2 is 1.91 bits per heavy atom. The van der Waals surface area contributed by atoms with E-state index < -0.39 is 0 Å². The van der Waals surface area contributed by atoms with E-state index in [0.717, 1.165) is 18.3 Å². The number of methoxy groups -OCH3 is 1. The molecular formula is C20H37NO. The van der Waals surface area contributed by atoms with Gasteiger partial charge in [0.1, 0.15) is 0 Å². The van der Waals surface area contributed by atoms with Crippen molar-refractivity contribution in [3.05, 3.63) is 12.2 Å². The maximum atomic E-state index is 5.93. The zero-order valence-electron chi connectivity index (χ0n) is 15.7. The first kappa shape index (κ1) is 18.0. The van der Waals surface area contributed by atoms with Crippen LogP contribution in [-0.2, 0) is 4.74 Å². The maximum absolute atomic E-state index is 5.93. The van der Waals surface area contributed by atoms with Crippen molar-refractivity contribution in [2.24, 2.45) is 23.2 Å². The minimum Gasteiger partial charge on any atom is -0.377 e. The van der Waals surface area contributed by atoms with Crippen LogP contribution in [0.15, 0.2) is 12.2 Å². The van der Waals surface area contributed by atoms with Crippen LogP contribution in [0.4, 0.5) is 0 Å². The van der Waals surface area contributed by atoms with E-state index in [1.54, 1.807) is 0 Å². The molecule has 2 heteroatoms. The molecule has 5 unspecified atom stereocenters. The summed E-state index contributed by atoms with van der Waals surface area (Å²) in [6.45, 7) is 12.6. The predicted molar refractivity (Wildman–Crippen MR) is 95.1 cm³/mol. The molecule has 5 atom stereocenters. The number of hydrogen-bond donors (Lipinski definition) is 0. The number of hydrogen-bond acceptors (Lipinski definition) is 2. The second-order valence-electron chi connectivity index (χ2n) is 8.24. The van der Waals surface area contributed by atoms with Gasteiger partial charge in [-0.2, -0.15) is 0 Å². The Kier molecular flexibility index (Phi) is 5.44. The molecular weight excluding hydrogens is 270 g/mol. The summed E-state index contributed by atoms with van der Waals surface area (Å²) in [5, 5.41) is 0. The first-order valence-electron chi connectivity index (χ1n) is 9.24. The van der Waals surface area contributed by atoms with Gasteiger partial charge in [0.2, 0.25) is 0 Å². The van der Waals surface area contributed by atoms with Gasteiger partial charge < -0.3 is 9.64 Å². The van der Waals surface area contributed by atoms with Gasteiger partial charge in [0.25, 0.3) is 0 Å². The Labute approximate surface area is 138 Å². The van der Waals surface area contributed by atoms with Crippen molar-refractivity contribution in [2.45, 2.75) is 64.9 Å². The molecule has 3 aliphatic rings. The number of ether oxygens (including phenoxy) is 1. The smallest absolute Gasteiger partial charge is 0.0837 e. The summed E-state index contributed by atoms with van der Waals surface area (Å²) in [7, 11) is 6.22. The average molecular weight is 308 g/mol. The van der Waals surface area contributed by atoms with Gasteiger partial charge in [-0.1, -0.05) is 45.8 Å². The van der Waals surface area contributed by atoms with Crippen LogP contribution in [0.2, 0.25) is 0 Å². The van der Waals surface area contributed by atoms with E-state index in [2.05, 4.69) is 46.3 Å². The topological polar surface area (TPSA) is 12.5 Å². The highest BCUT2D eigenvalue weighted by Gasteiger charge is 2.81. The lowest BCUT2D eigenvalue weighted by Crippen LogP contribution is -2.82. The van der Waals surface area contributed by atoms with E-state index in [-0.39, 0.29) is 11.0 Å². The van der Waals surface area contributed by atoms with E-state index in [0.29, 0.717) is 5.92 Å². The summed E-state index contributed by atoms with van der Waals surface area (Å²) in [4.78, 5) is 2.29. The maximum Gasteiger partial charge on any atom is 0.0837 e. The highest BCUT2D eigenvalue weighted by molar-refractivity contribution is 5.48. The van der Waals surface area contributed by atoms with Crippen molar-refractivity contribution in [2.75, 3.05) is 27.7 Å². The summed E-state index contributed by atoms with van der Waals surface area (Å²) in [5.41, 5.74) is 1.83. The van der Waals surface area contributed by atoms with E-state index in [9.17, 15) is 0 Å². The zero-order valence-corrected chi connectivity index (χ0v) is 15.7. The largest absolute Gasteiger partial charge is 0.377 e. The molecule has 2 bridgehead atoms. The summed E-state index contributed by atoms with van der Waals surface area (Å²) in [5.74, 6) is 2.33. The van der Waals surface area contributed by atoms with Crippen LogP contribution in [0.1, 0.15) is 59.3 Å². The van der Waals surface area contributed by atoms with Crippen LogP contribution in [-0.4, -0.2) is 38.3 Å². The second-order valence-corrected chi connectivity index (χ2v) is 8.24. The fourth-order valence-electron chi connectivity index (χ4n) is 5.49. The second kappa shape index (κ2) is 6.65. The van der Waals surface area contributed by atoms with E-state index >= 15 is 0 Å². The van der Waals surface area contributed by atoms with Crippen LogP contribution in [0.25, 0.3) is 0 Å². The summed E-state index contributed by atoms with van der Waals surface area (Å²) >= 11 is 0. The van der Waals surface area contributed by atoms with Gasteiger partial charge in [0.05, 0.1) is 5.60 Å². The lowest BCUT2D eigenvalue weighted by Gasteiger charge is -2.81. The molecule has 2 nitrogen and oxygen atoms in total. The minimum absolute atomic E-state index is 0.117. The number of nitrogens with zero attached hydrogens (tertiary/aromatic N) is 1. The average Bonchev–Trinajstić information content (AvgIpc) is 2.49. The first-order chi connectivity index (χ1) is 10.3. The van der Waals surface area contributed by atoms with Crippen molar-refractivity contribution in [1.82, 2.24) is 4.90 Å². The van der Waals surface area contributed by atoms with Gasteiger partial charge in [-0.25, -0.2) is 0 Å². The highest BCUT2D eigenvalue weighted by Crippen LogP contribution is 2.80. The third-order valence-electron chi connectivity index (χ3n) is 6.97. The van der Waals surface area contributed by atoms with Crippen molar-refractivity contribution >= 4 is 0 Å². The van der Waals surface area contributed by atoms with Crippen LogP contribution in [0.3, 0.4) is 0 Å². The third kappa shape index (κ3) is 2.47. The molecule has 0 amide bonds. The Hall–Kier alpha value is -0.340. The molecule has 3 rings (SSSR count). The monoisotopic (exact) mass is 307 g/mol. The molecule has 3 aliphatic carbocycles. The van der Waals surface area contributed by atoms with Crippen LogP contribution in [0.5, 0.6) is 0 Å². The van der Waals surface area contributed by atoms with Gasteiger partial charge in [-0.15, -0.1) is 0 Å². The van der Waals surface area contributed by atoms with Crippen molar-refractivity contribution in [3.63, 3.8) is 0 Å². The van der Waals surface area contributed by atoms with Crippen LogP contribution in [0, 0.1) is 23.2 Å². The normalized spacial score (nSPS) is 37.9. The van der Waals surface area contributed by atoms with E-state index in [1.165, 1.54) is 44.2 Å². The SMILES string of the molecule is C=C1C2C(CCCC(C)CCCN(C)C)C1(C)C2(CC)OC. The van der Waals surface area contributed by atoms with Gasteiger partial charge >= 0.3 is 0 Å². The minimum atomic E-state index is 0.117. The van der Waals surface area contributed by atoms with Crippen LogP contribution < -0.4 is 0 Å². The molecule has 0 aromatic carbocycles. The van der Waals surface area contributed by atoms with Crippen molar-refractivity contribution in [3.8, 4) is 0 Å². The molecule has 0 aromatic heterocycles.